The first-order chi connectivity index (χ1) is 9.29. The number of aromatic nitrogens is 1. The van der Waals surface area contributed by atoms with Crippen molar-refractivity contribution in [2.45, 2.75) is 31.9 Å². The summed E-state index contributed by atoms with van der Waals surface area (Å²) >= 11 is 0. The first-order valence-corrected chi connectivity index (χ1v) is 7.01. The predicted octanol–water partition coefficient (Wildman–Crippen LogP) is 3.05. The minimum absolute atomic E-state index is 0.0406. The number of hydrogen-bond acceptors (Lipinski definition) is 3. The van der Waals surface area contributed by atoms with Crippen molar-refractivity contribution >= 4 is 10.9 Å². The van der Waals surface area contributed by atoms with E-state index in [-0.39, 0.29) is 6.04 Å². The number of fused-ring (bicyclic) bond motifs is 1. The molecule has 1 aromatic heterocycles. The largest absolute Gasteiger partial charge is 0.378 e. The molecule has 2 aromatic rings. The number of nitrogens with zero attached hydrogens (tertiary/aromatic N) is 1. The molecule has 1 fully saturated rings. The van der Waals surface area contributed by atoms with Gasteiger partial charge in [-0.15, -0.1) is 0 Å². The maximum absolute atomic E-state index is 6.45. The topological polar surface area (TPSA) is 48.1 Å². The van der Waals surface area contributed by atoms with Gasteiger partial charge in [0.05, 0.1) is 11.6 Å². The van der Waals surface area contributed by atoms with Crippen molar-refractivity contribution in [2.24, 2.45) is 11.7 Å². The van der Waals surface area contributed by atoms with Gasteiger partial charge in [-0.2, -0.15) is 0 Å². The van der Waals surface area contributed by atoms with Crippen LogP contribution in [0.3, 0.4) is 0 Å². The van der Waals surface area contributed by atoms with E-state index in [1.165, 1.54) is 5.56 Å². The molecule has 3 nitrogen and oxygen atoms in total. The van der Waals surface area contributed by atoms with Crippen LogP contribution < -0.4 is 5.73 Å². The van der Waals surface area contributed by atoms with E-state index < -0.39 is 0 Å². The molecule has 0 radical (unpaired) electrons. The van der Waals surface area contributed by atoms with Crippen LogP contribution in [0.4, 0.5) is 0 Å². The van der Waals surface area contributed by atoms with Gasteiger partial charge in [-0.3, -0.25) is 4.98 Å². The Morgan fingerprint density at radius 1 is 1.42 bits per heavy atom. The van der Waals surface area contributed by atoms with Crippen LogP contribution in [-0.4, -0.2) is 17.7 Å². The molecular formula is C16H20N2O. The van der Waals surface area contributed by atoms with Crippen molar-refractivity contribution in [1.82, 2.24) is 4.98 Å². The zero-order chi connectivity index (χ0) is 13.2. The van der Waals surface area contributed by atoms with Gasteiger partial charge >= 0.3 is 0 Å². The van der Waals surface area contributed by atoms with Gasteiger partial charge in [-0.05, 0) is 30.5 Å². The van der Waals surface area contributed by atoms with Gasteiger partial charge in [-0.25, -0.2) is 0 Å². The molecule has 0 amide bonds. The van der Waals surface area contributed by atoms with Crippen LogP contribution in [0.15, 0.2) is 36.5 Å². The first kappa shape index (κ1) is 12.6. The molecule has 100 valence electrons. The lowest BCUT2D eigenvalue weighted by atomic mass is 9.87. The molecule has 3 unspecified atom stereocenters. The quantitative estimate of drug-likeness (QED) is 0.918. The standard InChI is InChI=1S/C16H20N2O/c1-2-15-13(7-9-19-15)16(17)12-6-5-11-4-3-8-18-14(11)10-12/h3-6,8,10,13,15-16H,2,7,9,17H2,1H3. The summed E-state index contributed by atoms with van der Waals surface area (Å²) in [6.45, 7) is 3.00. The molecule has 1 saturated heterocycles. The normalized spacial score (nSPS) is 24.7. The van der Waals surface area contributed by atoms with Crippen LogP contribution in [0.25, 0.3) is 10.9 Å². The second-order valence-corrected chi connectivity index (χ2v) is 5.25. The smallest absolute Gasteiger partial charge is 0.0705 e. The van der Waals surface area contributed by atoms with E-state index in [1.807, 2.05) is 12.3 Å². The third-order valence-corrected chi connectivity index (χ3v) is 4.14. The van der Waals surface area contributed by atoms with Crippen LogP contribution in [0.5, 0.6) is 0 Å². The number of pyridine rings is 1. The van der Waals surface area contributed by atoms with E-state index >= 15 is 0 Å². The lowest BCUT2D eigenvalue weighted by Crippen LogP contribution is -2.27. The zero-order valence-corrected chi connectivity index (χ0v) is 11.3. The summed E-state index contributed by atoms with van der Waals surface area (Å²) in [6, 6.07) is 10.4. The molecule has 3 atom stereocenters. The minimum atomic E-state index is 0.0406. The lowest BCUT2D eigenvalue weighted by Gasteiger charge is -2.24. The van der Waals surface area contributed by atoms with Gasteiger partial charge < -0.3 is 10.5 Å². The van der Waals surface area contributed by atoms with Gasteiger partial charge in [0.25, 0.3) is 0 Å². The van der Waals surface area contributed by atoms with Crippen molar-refractivity contribution in [3.05, 3.63) is 42.1 Å². The second kappa shape index (κ2) is 5.27. The van der Waals surface area contributed by atoms with Crippen molar-refractivity contribution in [1.29, 1.82) is 0 Å². The molecule has 1 aliphatic rings. The van der Waals surface area contributed by atoms with Gasteiger partial charge in [0, 0.05) is 30.1 Å². The van der Waals surface area contributed by atoms with Gasteiger partial charge in [0.1, 0.15) is 0 Å². The molecule has 2 heterocycles. The van der Waals surface area contributed by atoms with Crippen LogP contribution in [-0.2, 0) is 4.74 Å². The fraction of sp³-hybridized carbons (Fsp3) is 0.438. The van der Waals surface area contributed by atoms with Crippen molar-refractivity contribution in [3.63, 3.8) is 0 Å². The zero-order valence-electron chi connectivity index (χ0n) is 11.3. The Hall–Kier alpha value is -1.45. The van der Waals surface area contributed by atoms with E-state index in [2.05, 4.69) is 36.2 Å². The average molecular weight is 256 g/mol. The summed E-state index contributed by atoms with van der Waals surface area (Å²) in [4.78, 5) is 4.40. The number of ether oxygens (including phenoxy) is 1. The summed E-state index contributed by atoms with van der Waals surface area (Å²) in [6.07, 6.45) is 4.21. The summed E-state index contributed by atoms with van der Waals surface area (Å²) in [7, 11) is 0. The molecule has 3 rings (SSSR count). The van der Waals surface area contributed by atoms with Gasteiger partial charge in [0.2, 0.25) is 0 Å². The third-order valence-electron chi connectivity index (χ3n) is 4.14. The molecule has 19 heavy (non-hydrogen) atoms. The number of nitrogens with two attached hydrogens (primary N) is 1. The Kier molecular flexibility index (Phi) is 3.49. The summed E-state index contributed by atoms with van der Waals surface area (Å²) in [5.41, 5.74) is 8.63. The third kappa shape index (κ3) is 2.36. The van der Waals surface area contributed by atoms with Crippen molar-refractivity contribution in [3.8, 4) is 0 Å². The van der Waals surface area contributed by atoms with E-state index in [0.29, 0.717) is 12.0 Å². The fourth-order valence-electron chi connectivity index (χ4n) is 3.03. The average Bonchev–Trinajstić information content (AvgIpc) is 2.94. The van der Waals surface area contributed by atoms with E-state index in [9.17, 15) is 0 Å². The Morgan fingerprint density at radius 2 is 2.32 bits per heavy atom. The van der Waals surface area contributed by atoms with Crippen molar-refractivity contribution in [2.75, 3.05) is 6.61 Å². The molecule has 0 bridgehead atoms. The molecule has 2 N–H and O–H groups in total. The molecular weight excluding hydrogens is 236 g/mol. The van der Waals surface area contributed by atoms with Crippen LogP contribution in [0.1, 0.15) is 31.4 Å². The maximum Gasteiger partial charge on any atom is 0.0705 e. The molecule has 0 spiro atoms. The Bertz CT molecular complexity index is 569. The highest BCUT2D eigenvalue weighted by atomic mass is 16.5. The summed E-state index contributed by atoms with van der Waals surface area (Å²) < 4.78 is 5.75. The van der Waals surface area contributed by atoms with E-state index in [1.54, 1.807) is 0 Å². The minimum Gasteiger partial charge on any atom is -0.378 e. The maximum atomic E-state index is 6.45. The van der Waals surface area contributed by atoms with E-state index in [4.69, 9.17) is 10.5 Å². The highest BCUT2D eigenvalue weighted by molar-refractivity contribution is 5.78. The van der Waals surface area contributed by atoms with Gasteiger partial charge in [-0.1, -0.05) is 25.1 Å². The molecule has 1 aliphatic heterocycles. The SMILES string of the molecule is CCC1OCCC1C(N)c1ccc2cccnc2c1. The monoisotopic (exact) mass is 256 g/mol. The Labute approximate surface area is 113 Å². The van der Waals surface area contributed by atoms with Gasteiger partial charge in [0.15, 0.2) is 0 Å². The van der Waals surface area contributed by atoms with Crippen molar-refractivity contribution < 1.29 is 4.74 Å². The van der Waals surface area contributed by atoms with Crippen LogP contribution >= 0.6 is 0 Å². The molecule has 1 aromatic carbocycles. The molecule has 0 saturated carbocycles. The Morgan fingerprint density at radius 3 is 3.16 bits per heavy atom. The van der Waals surface area contributed by atoms with Crippen LogP contribution in [0.2, 0.25) is 0 Å². The van der Waals surface area contributed by atoms with Crippen LogP contribution in [0, 0.1) is 5.92 Å². The van der Waals surface area contributed by atoms with E-state index in [0.717, 1.165) is 30.4 Å². The highest BCUT2D eigenvalue weighted by Crippen LogP contribution is 2.33. The molecule has 3 heteroatoms. The lowest BCUT2D eigenvalue weighted by molar-refractivity contribution is 0.0813. The second-order valence-electron chi connectivity index (χ2n) is 5.25. The summed E-state index contributed by atoms with van der Waals surface area (Å²) in [5.74, 6) is 0.422. The Balaban J connectivity index is 1.90. The number of hydrogen-bond donors (Lipinski definition) is 1. The number of benzene rings is 1. The predicted molar refractivity (Wildman–Crippen MR) is 76.8 cm³/mol. The first-order valence-electron chi connectivity index (χ1n) is 7.01. The fourth-order valence-corrected chi connectivity index (χ4v) is 3.03. The number of rotatable bonds is 3. The summed E-state index contributed by atoms with van der Waals surface area (Å²) in [5, 5.41) is 1.16. The highest BCUT2D eigenvalue weighted by Gasteiger charge is 2.32. The molecule has 0 aliphatic carbocycles.